The molecule has 0 spiro atoms. The molecule has 1 saturated carbocycles. The lowest BCUT2D eigenvalue weighted by atomic mass is 9.94. The maximum Gasteiger partial charge on any atom is 0.410 e. The summed E-state index contributed by atoms with van der Waals surface area (Å²) in [5.41, 5.74) is -0.470. The second-order valence-corrected chi connectivity index (χ2v) is 6.88. The van der Waals surface area contributed by atoms with Gasteiger partial charge in [0, 0.05) is 6.54 Å². The van der Waals surface area contributed by atoms with Gasteiger partial charge in [-0.2, -0.15) is 0 Å². The van der Waals surface area contributed by atoms with Gasteiger partial charge in [0.1, 0.15) is 5.60 Å². The van der Waals surface area contributed by atoms with E-state index >= 15 is 0 Å². The predicted octanol–water partition coefficient (Wildman–Crippen LogP) is 2.26. The van der Waals surface area contributed by atoms with Crippen molar-refractivity contribution in [2.75, 3.05) is 13.2 Å². The van der Waals surface area contributed by atoms with Gasteiger partial charge in [-0.05, 0) is 51.4 Å². The van der Waals surface area contributed by atoms with Crippen molar-refractivity contribution < 1.29 is 14.6 Å². The van der Waals surface area contributed by atoms with Crippen LogP contribution < -0.4 is 0 Å². The molecule has 1 heterocycles. The summed E-state index contributed by atoms with van der Waals surface area (Å²) in [5, 5.41) is 9.57. The smallest absolute Gasteiger partial charge is 0.410 e. The van der Waals surface area contributed by atoms with E-state index < -0.39 is 5.60 Å². The summed E-state index contributed by atoms with van der Waals surface area (Å²) < 4.78 is 5.42. The van der Waals surface area contributed by atoms with Crippen molar-refractivity contribution in [3.8, 4) is 0 Å². The van der Waals surface area contributed by atoms with Gasteiger partial charge >= 0.3 is 6.09 Å². The van der Waals surface area contributed by atoms with Gasteiger partial charge in [-0.1, -0.05) is 6.92 Å². The molecule has 1 unspecified atom stereocenters. The van der Waals surface area contributed by atoms with E-state index in [2.05, 4.69) is 6.92 Å². The highest BCUT2D eigenvalue weighted by atomic mass is 16.6. The van der Waals surface area contributed by atoms with Crippen molar-refractivity contribution in [3.05, 3.63) is 0 Å². The highest BCUT2D eigenvalue weighted by Gasteiger charge is 2.48. The maximum absolute atomic E-state index is 12.1. The Balaban J connectivity index is 2.04. The summed E-state index contributed by atoms with van der Waals surface area (Å²) in [4.78, 5) is 13.9. The van der Waals surface area contributed by atoms with E-state index in [4.69, 9.17) is 4.74 Å². The van der Waals surface area contributed by atoms with Gasteiger partial charge in [0.25, 0.3) is 0 Å². The number of hydrogen-bond donors (Lipinski definition) is 1. The van der Waals surface area contributed by atoms with E-state index in [0.717, 1.165) is 18.9 Å². The van der Waals surface area contributed by atoms with Gasteiger partial charge in [-0.3, -0.25) is 0 Å². The second kappa shape index (κ2) is 4.72. The normalized spacial score (nSPS) is 35.7. The van der Waals surface area contributed by atoms with Gasteiger partial charge in [0.15, 0.2) is 0 Å². The molecule has 4 heteroatoms. The van der Waals surface area contributed by atoms with Crippen LogP contribution in [0.5, 0.6) is 0 Å². The Morgan fingerprint density at radius 1 is 1.39 bits per heavy atom. The van der Waals surface area contributed by atoms with E-state index in [1.54, 1.807) is 4.90 Å². The molecule has 0 radical (unpaired) electrons. The first kappa shape index (κ1) is 13.7. The molecular weight excluding hydrogens is 230 g/mol. The minimum atomic E-state index is -0.470. The first-order chi connectivity index (χ1) is 8.31. The molecule has 2 fully saturated rings. The Bertz CT molecular complexity index is 323. The van der Waals surface area contributed by atoms with Gasteiger partial charge in [-0.15, -0.1) is 0 Å². The maximum atomic E-state index is 12.1. The van der Waals surface area contributed by atoms with Crippen molar-refractivity contribution in [2.45, 2.75) is 52.2 Å². The zero-order chi connectivity index (χ0) is 13.5. The van der Waals surface area contributed by atoms with Crippen LogP contribution in [0, 0.1) is 17.8 Å². The fraction of sp³-hybridized carbons (Fsp3) is 0.929. The van der Waals surface area contributed by atoms with Crippen molar-refractivity contribution in [1.29, 1.82) is 0 Å². The Morgan fingerprint density at radius 3 is 2.61 bits per heavy atom. The fourth-order valence-corrected chi connectivity index (χ4v) is 3.51. The minimum absolute atomic E-state index is 0.0465. The van der Waals surface area contributed by atoms with Crippen LogP contribution in [0.3, 0.4) is 0 Å². The summed E-state index contributed by atoms with van der Waals surface area (Å²) in [7, 11) is 0. The third-order valence-corrected chi connectivity index (χ3v) is 4.13. The zero-order valence-electron chi connectivity index (χ0n) is 11.8. The van der Waals surface area contributed by atoms with E-state index in [-0.39, 0.29) is 18.7 Å². The molecule has 1 amide bonds. The number of ether oxygens (including phenoxy) is 1. The first-order valence-corrected chi connectivity index (χ1v) is 6.92. The van der Waals surface area contributed by atoms with Crippen LogP contribution in [0.4, 0.5) is 4.79 Å². The zero-order valence-corrected chi connectivity index (χ0v) is 11.8. The van der Waals surface area contributed by atoms with Crippen LogP contribution in [0.2, 0.25) is 0 Å². The van der Waals surface area contributed by atoms with Crippen LogP contribution in [-0.4, -0.2) is 40.9 Å². The quantitative estimate of drug-likeness (QED) is 0.782. The number of carbonyl (C=O) groups is 1. The van der Waals surface area contributed by atoms with Crippen LogP contribution in [0.1, 0.15) is 40.5 Å². The van der Waals surface area contributed by atoms with Gasteiger partial charge in [0.2, 0.25) is 0 Å². The molecule has 0 aromatic rings. The summed E-state index contributed by atoms with van der Waals surface area (Å²) in [6.07, 6.45) is 2.01. The predicted molar refractivity (Wildman–Crippen MR) is 69.2 cm³/mol. The molecule has 1 aliphatic carbocycles. The summed E-state index contributed by atoms with van der Waals surface area (Å²) >= 11 is 0. The number of nitrogens with zero attached hydrogens (tertiary/aromatic N) is 1. The summed E-state index contributed by atoms with van der Waals surface area (Å²) in [6.45, 7) is 8.67. The molecular formula is C14H25NO3. The number of aliphatic hydroxyl groups excluding tert-OH is 1. The van der Waals surface area contributed by atoms with Gasteiger partial charge in [-0.25, -0.2) is 4.79 Å². The molecule has 1 N–H and O–H groups in total. The monoisotopic (exact) mass is 255 g/mol. The largest absolute Gasteiger partial charge is 0.444 e. The average Bonchev–Trinajstić information content (AvgIpc) is 2.70. The van der Waals surface area contributed by atoms with Gasteiger partial charge < -0.3 is 14.7 Å². The number of fused-ring (bicyclic) bond motifs is 1. The van der Waals surface area contributed by atoms with Crippen LogP contribution >= 0.6 is 0 Å². The Morgan fingerprint density at radius 2 is 2.06 bits per heavy atom. The third kappa shape index (κ3) is 2.63. The summed E-state index contributed by atoms with van der Waals surface area (Å²) in [5.74, 6) is 1.72. The van der Waals surface area contributed by atoms with E-state index in [1.807, 2.05) is 20.8 Å². The minimum Gasteiger partial charge on any atom is -0.444 e. The lowest BCUT2D eigenvalue weighted by Crippen LogP contribution is -2.43. The standard InChI is InChI=1S/C14H25NO3/c1-9-5-10-7-15(12(8-16)11(10)6-9)13(17)18-14(2,3)4/h9-12,16H,5-8H2,1-4H3/t9?,10-,11-,12+/m0/s1. The molecule has 104 valence electrons. The molecule has 4 nitrogen and oxygen atoms in total. The van der Waals surface area contributed by atoms with Gasteiger partial charge in [0.05, 0.1) is 12.6 Å². The van der Waals surface area contributed by atoms with E-state index in [0.29, 0.717) is 11.8 Å². The Labute approximate surface area is 109 Å². The van der Waals surface area contributed by atoms with Crippen molar-refractivity contribution in [2.24, 2.45) is 17.8 Å². The lowest BCUT2D eigenvalue weighted by molar-refractivity contribution is 0.0136. The highest BCUT2D eigenvalue weighted by molar-refractivity contribution is 5.69. The average molecular weight is 255 g/mol. The lowest BCUT2D eigenvalue weighted by Gasteiger charge is -2.29. The molecule has 2 aliphatic rings. The van der Waals surface area contributed by atoms with Crippen LogP contribution in [0.25, 0.3) is 0 Å². The molecule has 1 saturated heterocycles. The molecule has 18 heavy (non-hydrogen) atoms. The van der Waals surface area contributed by atoms with Crippen molar-refractivity contribution in [3.63, 3.8) is 0 Å². The number of rotatable bonds is 1. The summed E-state index contributed by atoms with van der Waals surface area (Å²) in [6, 6.07) is -0.0465. The fourth-order valence-electron chi connectivity index (χ4n) is 3.51. The number of carbonyl (C=O) groups excluding carboxylic acids is 1. The van der Waals surface area contributed by atoms with E-state index in [1.165, 1.54) is 6.42 Å². The molecule has 2 rings (SSSR count). The number of likely N-dealkylation sites (tertiary alicyclic amines) is 1. The molecule has 0 bridgehead atoms. The number of hydrogen-bond acceptors (Lipinski definition) is 3. The van der Waals surface area contributed by atoms with Crippen molar-refractivity contribution in [1.82, 2.24) is 4.90 Å². The third-order valence-electron chi connectivity index (χ3n) is 4.13. The first-order valence-electron chi connectivity index (χ1n) is 6.92. The van der Waals surface area contributed by atoms with E-state index in [9.17, 15) is 9.90 Å². The molecule has 1 aliphatic heterocycles. The highest BCUT2D eigenvalue weighted by Crippen LogP contribution is 2.45. The van der Waals surface area contributed by atoms with Crippen molar-refractivity contribution >= 4 is 6.09 Å². The Kier molecular flexibility index (Phi) is 3.58. The molecule has 0 aromatic heterocycles. The topological polar surface area (TPSA) is 49.8 Å². The van der Waals surface area contributed by atoms with Crippen LogP contribution in [0.15, 0.2) is 0 Å². The Hall–Kier alpha value is -0.770. The second-order valence-electron chi connectivity index (χ2n) is 6.88. The number of amides is 1. The number of aliphatic hydroxyl groups is 1. The SMILES string of the molecule is CC1C[C@H]2CN(C(=O)OC(C)(C)C)[C@H](CO)[C@H]2C1. The van der Waals surface area contributed by atoms with Crippen LogP contribution in [-0.2, 0) is 4.74 Å². The molecule has 0 aromatic carbocycles. The molecule has 4 atom stereocenters.